The molecule has 1 aliphatic heterocycles. The molecule has 12 heteroatoms. The molecule has 4 rings (SSSR count). The monoisotopic (exact) mass is 572 g/mol. The molecule has 9 nitrogen and oxygen atoms in total. The van der Waals surface area contributed by atoms with Crippen molar-refractivity contribution in [2.45, 2.75) is 10.5 Å². The number of halogens is 2. The van der Waals surface area contributed by atoms with Crippen LogP contribution in [0.2, 0.25) is 10.0 Å². The fourth-order valence-electron chi connectivity index (χ4n) is 3.86. The summed E-state index contributed by atoms with van der Waals surface area (Å²) in [6.07, 6.45) is 2.33. The lowest BCUT2D eigenvalue weighted by Gasteiger charge is -2.31. The molecule has 3 aromatic carbocycles. The number of hydrogen-bond acceptors (Lipinski definition) is 5. The van der Waals surface area contributed by atoms with Crippen molar-refractivity contribution in [1.82, 2.24) is 5.01 Å². The summed E-state index contributed by atoms with van der Waals surface area (Å²) < 4.78 is 35.9. The highest BCUT2D eigenvalue weighted by atomic mass is 35.5. The van der Waals surface area contributed by atoms with Crippen molar-refractivity contribution in [1.29, 1.82) is 0 Å². The average molecular weight is 573 g/mol. The normalized spacial score (nSPS) is 18.1. The maximum atomic E-state index is 12.9. The summed E-state index contributed by atoms with van der Waals surface area (Å²) in [5.41, 5.74) is 6.66. The minimum atomic E-state index is -4.18. The molecule has 196 valence electrons. The molecule has 3 N–H and O–H groups in total. The fraction of sp³-hybridized carbons (Fsp3) is 0.115. The molecule has 38 heavy (non-hydrogen) atoms. The highest BCUT2D eigenvalue weighted by molar-refractivity contribution is 7.90. The van der Waals surface area contributed by atoms with Crippen molar-refractivity contribution in [3.8, 4) is 0 Å². The zero-order valence-electron chi connectivity index (χ0n) is 19.7. The van der Waals surface area contributed by atoms with E-state index in [2.05, 4.69) is 9.50 Å². The molecule has 0 aromatic heterocycles. The van der Waals surface area contributed by atoms with Crippen molar-refractivity contribution >= 4 is 50.9 Å². The van der Waals surface area contributed by atoms with Crippen molar-refractivity contribution in [2.24, 2.45) is 15.2 Å². The Balaban J connectivity index is 1.80. The lowest BCUT2D eigenvalue weighted by Crippen LogP contribution is -2.44. The van der Waals surface area contributed by atoms with E-state index in [0.29, 0.717) is 26.9 Å². The zero-order chi connectivity index (χ0) is 27.3. The number of guanidine groups is 1. The maximum Gasteiger partial charge on any atom is 0.328 e. The van der Waals surface area contributed by atoms with Crippen LogP contribution in [0.1, 0.15) is 11.1 Å². The molecule has 3 aromatic rings. The third kappa shape index (κ3) is 6.05. The number of carboxylic acid groups (broad SMARTS) is 1. The van der Waals surface area contributed by atoms with Gasteiger partial charge in [-0.3, -0.25) is 0 Å². The molecule has 1 unspecified atom stereocenters. The largest absolute Gasteiger partial charge is 0.478 e. The Bertz CT molecular complexity index is 1510. The smallest absolute Gasteiger partial charge is 0.328 e. The van der Waals surface area contributed by atoms with Gasteiger partial charge in [0, 0.05) is 21.7 Å². The zero-order valence-corrected chi connectivity index (χ0v) is 22.1. The van der Waals surface area contributed by atoms with Crippen LogP contribution in [0, 0.1) is 0 Å². The standard InChI is InChI=1S/C26H22Cl2N4O5S/c27-20-10-8-18(9-11-20)24-26(19-5-2-1-3-6-19,37-16-4-7-23(33)34)17-32(30-24)25(29)31-38(35,36)22-14-12-21(28)13-15-22/h1-15H,16-17H2,(H2,29,31)(H,33,34)/b7-4+. The molecular formula is C26H22Cl2N4O5S. The molecule has 0 spiro atoms. The number of ether oxygens (including phenoxy) is 1. The summed E-state index contributed by atoms with van der Waals surface area (Å²) in [5, 5.41) is 15.7. The number of nitrogens with zero attached hydrogens (tertiary/aromatic N) is 3. The Kier molecular flexibility index (Phi) is 8.17. The first-order valence-electron chi connectivity index (χ1n) is 11.2. The van der Waals surface area contributed by atoms with E-state index >= 15 is 0 Å². The molecule has 0 fully saturated rings. The van der Waals surface area contributed by atoms with E-state index in [0.717, 1.165) is 6.08 Å². The minimum absolute atomic E-state index is 0.0403. The van der Waals surface area contributed by atoms with Gasteiger partial charge in [0.15, 0.2) is 5.60 Å². The predicted octanol–water partition coefficient (Wildman–Crippen LogP) is 4.27. The molecule has 0 amide bonds. The Hall–Kier alpha value is -3.70. The van der Waals surface area contributed by atoms with Gasteiger partial charge in [0.05, 0.1) is 18.0 Å². The molecule has 0 saturated carbocycles. The van der Waals surface area contributed by atoms with Crippen LogP contribution in [-0.2, 0) is 25.2 Å². The molecule has 0 radical (unpaired) electrons. The van der Waals surface area contributed by atoms with Gasteiger partial charge in [0.2, 0.25) is 5.96 Å². The number of nitrogens with two attached hydrogens (primary N) is 1. The Morgan fingerprint density at radius 2 is 1.66 bits per heavy atom. The molecule has 1 atom stereocenters. The van der Waals surface area contributed by atoms with Crippen LogP contribution in [0.5, 0.6) is 0 Å². The van der Waals surface area contributed by atoms with E-state index in [4.69, 9.17) is 38.8 Å². The van der Waals surface area contributed by atoms with Gasteiger partial charge < -0.3 is 15.6 Å². The van der Waals surface area contributed by atoms with Crippen molar-refractivity contribution < 1.29 is 23.1 Å². The van der Waals surface area contributed by atoms with E-state index in [9.17, 15) is 13.2 Å². The van der Waals surface area contributed by atoms with Crippen LogP contribution in [0.3, 0.4) is 0 Å². The van der Waals surface area contributed by atoms with E-state index < -0.39 is 21.6 Å². The number of carbonyl (C=O) groups is 1. The quantitative estimate of drug-likeness (QED) is 0.234. The number of carboxylic acids is 1. The number of sulfonamides is 1. The lowest BCUT2D eigenvalue weighted by atomic mass is 9.85. The summed E-state index contributed by atoms with van der Waals surface area (Å²) in [5.74, 6) is -1.50. The number of hydrogen-bond donors (Lipinski definition) is 2. The van der Waals surface area contributed by atoms with Gasteiger partial charge in [-0.15, -0.1) is 4.40 Å². The van der Waals surface area contributed by atoms with Crippen LogP contribution in [-0.4, -0.2) is 49.3 Å². The average Bonchev–Trinajstić information content (AvgIpc) is 3.28. The summed E-state index contributed by atoms with van der Waals surface area (Å²) in [6.45, 7) is -0.122. The van der Waals surface area contributed by atoms with Crippen molar-refractivity contribution in [2.75, 3.05) is 13.2 Å². The Labute approximate surface area is 229 Å². The Morgan fingerprint density at radius 3 is 2.26 bits per heavy atom. The highest BCUT2D eigenvalue weighted by Gasteiger charge is 2.47. The third-order valence-corrected chi connectivity index (χ3v) is 7.41. The highest BCUT2D eigenvalue weighted by Crippen LogP contribution is 2.37. The molecule has 0 bridgehead atoms. The number of hydrazone groups is 1. The topological polar surface area (TPSA) is 135 Å². The van der Waals surface area contributed by atoms with Crippen LogP contribution >= 0.6 is 23.2 Å². The molecule has 0 aliphatic carbocycles. The first kappa shape index (κ1) is 27.3. The van der Waals surface area contributed by atoms with Crippen LogP contribution in [0.25, 0.3) is 0 Å². The van der Waals surface area contributed by atoms with Gasteiger partial charge in [0.1, 0.15) is 5.71 Å². The summed E-state index contributed by atoms with van der Waals surface area (Å²) in [6, 6.07) is 21.5. The van der Waals surface area contributed by atoms with E-state index in [1.54, 1.807) is 24.3 Å². The van der Waals surface area contributed by atoms with E-state index in [1.165, 1.54) is 35.4 Å². The fourth-order valence-corrected chi connectivity index (χ4v) is 5.03. The number of benzene rings is 3. The molecule has 1 aliphatic rings. The first-order chi connectivity index (χ1) is 18.1. The second kappa shape index (κ2) is 11.4. The Morgan fingerprint density at radius 1 is 1.05 bits per heavy atom. The first-order valence-corrected chi connectivity index (χ1v) is 13.4. The predicted molar refractivity (Wildman–Crippen MR) is 146 cm³/mol. The summed E-state index contributed by atoms with van der Waals surface area (Å²) in [4.78, 5) is 10.9. The van der Waals surface area contributed by atoms with Crippen LogP contribution in [0.15, 0.2) is 105 Å². The van der Waals surface area contributed by atoms with Gasteiger partial charge in [-0.05, 0) is 42.0 Å². The SMILES string of the molecule is NC(=NS(=O)(=O)c1ccc(Cl)cc1)N1CC(OC/C=C/C(=O)O)(c2ccccc2)C(c2ccc(Cl)cc2)=N1. The minimum Gasteiger partial charge on any atom is -0.478 e. The molecule has 0 saturated heterocycles. The van der Waals surface area contributed by atoms with Crippen LogP contribution in [0.4, 0.5) is 0 Å². The molecule has 1 heterocycles. The summed E-state index contributed by atoms with van der Waals surface area (Å²) >= 11 is 12.0. The van der Waals surface area contributed by atoms with Gasteiger partial charge in [0.25, 0.3) is 10.0 Å². The van der Waals surface area contributed by atoms with E-state index in [-0.39, 0.29) is 24.0 Å². The van der Waals surface area contributed by atoms with Gasteiger partial charge in [-0.1, -0.05) is 71.7 Å². The third-order valence-electron chi connectivity index (χ3n) is 5.61. The van der Waals surface area contributed by atoms with Gasteiger partial charge in [-0.2, -0.15) is 13.5 Å². The van der Waals surface area contributed by atoms with Crippen molar-refractivity contribution in [3.05, 3.63) is 112 Å². The van der Waals surface area contributed by atoms with Crippen molar-refractivity contribution in [3.63, 3.8) is 0 Å². The lowest BCUT2D eigenvalue weighted by molar-refractivity contribution is -0.131. The van der Waals surface area contributed by atoms with Crippen LogP contribution < -0.4 is 5.73 Å². The number of aliphatic carboxylic acids is 1. The number of rotatable bonds is 8. The van der Waals surface area contributed by atoms with Gasteiger partial charge in [-0.25, -0.2) is 9.80 Å². The molecular weight excluding hydrogens is 551 g/mol. The summed E-state index contributed by atoms with van der Waals surface area (Å²) in [7, 11) is -4.18. The second-order valence-corrected chi connectivity index (χ2v) is 10.6. The van der Waals surface area contributed by atoms with E-state index in [1.807, 2.05) is 30.3 Å². The maximum absolute atomic E-state index is 12.9. The second-order valence-electron chi connectivity index (χ2n) is 8.14. The van der Waals surface area contributed by atoms with Gasteiger partial charge >= 0.3 is 5.97 Å².